The fourth-order valence-corrected chi connectivity index (χ4v) is 4.53. The number of aromatic nitrogens is 2. The Morgan fingerprint density at radius 1 is 1.03 bits per heavy atom. The van der Waals surface area contributed by atoms with Crippen LogP contribution in [0.1, 0.15) is 24.5 Å². The minimum Gasteiger partial charge on any atom is -0.493 e. The highest BCUT2D eigenvalue weighted by atomic mass is 35.5. The zero-order valence-corrected chi connectivity index (χ0v) is 22.7. The highest BCUT2D eigenvalue weighted by Crippen LogP contribution is 2.28. The second kappa shape index (κ2) is 13.9. The number of nitrogens with zero attached hydrogens (tertiary/aromatic N) is 3. The van der Waals surface area contributed by atoms with Crippen LogP contribution in [0.5, 0.6) is 11.5 Å². The molecule has 0 saturated carbocycles. The number of anilines is 1. The number of hydrogen-bond donors (Lipinski definition) is 1. The Labute approximate surface area is 222 Å². The summed E-state index contributed by atoms with van der Waals surface area (Å²) in [4.78, 5) is 23.3. The van der Waals surface area contributed by atoms with E-state index in [-0.39, 0.29) is 17.7 Å². The predicted octanol–water partition coefficient (Wildman–Crippen LogP) is 5.06. The van der Waals surface area contributed by atoms with Crippen LogP contribution in [0.2, 0.25) is 5.15 Å². The third kappa shape index (κ3) is 8.60. The molecule has 1 atom stereocenters. The van der Waals surface area contributed by atoms with E-state index in [9.17, 15) is 4.79 Å². The van der Waals surface area contributed by atoms with Gasteiger partial charge in [0.15, 0.2) is 16.7 Å². The Morgan fingerprint density at radius 2 is 1.78 bits per heavy atom. The van der Waals surface area contributed by atoms with E-state index in [2.05, 4.69) is 27.4 Å². The van der Waals surface area contributed by atoms with Crippen LogP contribution in [-0.2, 0) is 17.6 Å². The highest BCUT2D eigenvalue weighted by molar-refractivity contribution is 7.99. The Hall–Kier alpha value is -2.97. The molecule has 0 radical (unpaired) electrons. The van der Waals surface area contributed by atoms with Crippen molar-refractivity contribution in [3.05, 3.63) is 70.9 Å². The molecule has 0 aliphatic rings. The van der Waals surface area contributed by atoms with Crippen LogP contribution < -0.4 is 19.7 Å². The first-order chi connectivity index (χ1) is 17.4. The number of ether oxygens (including phenoxy) is 2. The van der Waals surface area contributed by atoms with E-state index < -0.39 is 0 Å². The first kappa shape index (κ1) is 27.6. The van der Waals surface area contributed by atoms with Crippen molar-refractivity contribution in [3.8, 4) is 11.5 Å². The predicted molar refractivity (Wildman–Crippen MR) is 147 cm³/mol. The van der Waals surface area contributed by atoms with E-state index in [1.165, 1.54) is 17.3 Å². The Balaban J connectivity index is 1.50. The molecule has 0 bridgehead atoms. The zero-order chi connectivity index (χ0) is 25.9. The normalized spacial score (nSPS) is 11.6. The number of halogens is 1. The molecule has 2 aromatic carbocycles. The molecule has 36 heavy (non-hydrogen) atoms. The summed E-state index contributed by atoms with van der Waals surface area (Å²) in [5.41, 5.74) is 2.38. The van der Waals surface area contributed by atoms with Crippen LogP contribution in [0.15, 0.2) is 59.8 Å². The van der Waals surface area contributed by atoms with Crippen molar-refractivity contribution >= 4 is 35.1 Å². The number of hydrogen-bond acceptors (Lipinski definition) is 7. The number of aryl methyl sites for hydroxylation is 1. The molecule has 0 saturated heterocycles. The van der Waals surface area contributed by atoms with Gasteiger partial charge in [-0.05, 0) is 49.4 Å². The maximum atomic E-state index is 12.4. The lowest BCUT2D eigenvalue weighted by atomic mass is 10.1. The standard InChI is InChI=1S/C27H33ClN4O3S/c1-19(10-11-20-8-6-5-7-9-20)29-26(33)18-36-27-30-24(28)17-25(31-27)32(2)15-14-21-12-13-22(34-3)23(16-21)35-4/h5-9,12-13,16-17,19H,10-11,14-15,18H2,1-4H3,(H,29,33). The van der Waals surface area contributed by atoms with E-state index in [4.69, 9.17) is 21.1 Å². The number of carbonyl (C=O) groups excluding carboxylic acids is 1. The van der Waals surface area contributed by atoms with Gasteiger partial charge in [0.25, 0.3) is 0 Å². The molecular formula is C27H33ClN4O3S. The zero-order valence-electron chi connectivity index (χ0n) is 21.2. The molecule has 0 aliphatic carbocycles. The van der Waals surface area contributed by atoms with Crippen LogP contribution in [0, 0.1) is 0 Å². The molecular weight excluding hydrogens is 496 g/mol. The fraction of sp³-hybridized carbons (Fsp3) is 0.370. The Morgan fingerprint density at radius 3 is 2.50 bits per heavy atom. The van der Waals surface area contributed by atoms with Crippen LogP contribution in [0.4, 0.5) is 5.82 Å². The minimum absolute atomic E-state index is 0.0486. The fourth-order valence-electron chi connectivity index (χ4n) is 3.64. The lowest BCUT2D eigenvalue weighted by Gasteiger charge is -2.19. The maximum absolute atomic E-state index is 12.4. The molecule has 3 rings (SSSR count). The second-order valence-corrected chi connectivity index (χ2v) is 9.80. The smallest absolute Gasteiger partial charge is 0.230 e. The first-order valence-electron chi connectivity index (χ1n) is 11.8. The summed E-state index contributed by atoms with van der Waals surface area (Å²) in [7, 11) is 5.20. The Bertz CT molecular complexity index is 1130. The van der Waals surface area contributed by atoms with Crippen LogP contribution in [-0.4, -0.2) is 55.5 Å². The monoisotopic (exact) mass is 528 g/mol. The third-order valence-electron chi connectivity index (χ3n) is 5.68. The topological polar surface area (TPSA) is 76.6 Å². The van der Waals surface area contributed by atoms with E-state index in [1.807, 2.05) is 55.3 Å². The van der Waals surface area contributed by atoms with Gasteiger partial charge in [-0.1, -0.05) is 59.8 Å². The molecule has 0 fully saturated rings. The van der Waals surface area contributed by atoms with Crippen molar-refractivity contribution in [1.82, 2.24) is 15.3 Å². The molecule has 1 unspecified atom stereocenters. The number of carbonyl (C=O) groups is 1. The van der Waals surface area contributed by atoms with Crippen molar-refractivity contribution in [2.45, 2.75) is 37.4 Å². The number of amides is 1. The molecule has 0 aliphatic heterocycles. The van der Waals surface area contributed by atoms with Gasteiger partial charge in [0, 0.05) is 25.7 Å². The van der Waals surface area contributed by atoms with Gasteiger partial charge in [-0.2, -0.15) is 0 Å². The average Bonchev–Trinajstić information content (AvgIpc) is 2.89. The summed E-state index contributed by atoms with van der Waals surface area (Å²) in [6.07, 6.45) is 2.58. The highest BCUT2D eigenvalue weighted by Gasteiger charge is 2.13. The number of thioether (sulfide) groups is 1. The van der Waals surface area contributed by atoms with Crippen molar-refractivity contribution in [2.75, 3.05) is 38.5 Å². The summed E-state index contributed by atoms with van der Waals surface area (Å²) in [5, 5.41) is 3.87. The number of nitrogens with one attached hydrogen (secondary N) is 1. The van der Waals surface area contributed by atoms with Crippen LogP contribution >= 0.6 is 23.4 Å². The molecule has 192 valence electrons. The molecule has 3 aromatic rings. The Kier molecular flexibility index (Phi) is 10.7. The molecule has 0 spiro atoms. The van der Waals surface area contributed by atoms with E-state index >= 15 is 0 Å². The van der Waals surface area contributed by atoms with Gasteiger partial charge >= 0.3 is 0 Å². The van der Waals surface area contributed by atoms with Gasteiger partial charge in [-0.3, -0.25) is 4.79 Å². The van der Waals surface area contributed by atoms with Crippen molar-refractivity contribution < 1.29 is 14.3 Å². The summed E-state index contributed by atoms with van der Waals surface area (Å²) >= 11 is 7.54. The quantitative estimate of drug-likeness (QED) is 0.189. The SMILES string of the molecule is COc1ccc(CCN(C)c2cc(Cl)nc(SCC(=O)NC(C)CCc3ccccc3)n2)cc1OC. The summed E-state index contributed by atoms with van der Waals surface area (Å²) in [6, 6.07) is 18.0. The van der Waals surface area contributed by atoms with Crippen LogP contribution in [0.25, 0.3) is 0 Å². The summed E-state index contributed by atoms with van der Waals surface area (Å²) < 4.78 is 10.7. The van der Waals surface area contributed by atoms with Crippen molar-refractivity contribution in [2.24, 2.45) is 0 Å². The number of rotatable bonds is 13. The van der Waals surface area contributed by atoms with Gasteiger partial charge in [0.1, 0.15) is 11.0 Å². The average molecular weight is 529 g/mol. The van der Waals surface area contributed by atoms with Crippen LogP contribution in [0.3, 0.4) is 0 Å². The maximum Gasteiger partial charge on any atom is 0.230 e. The number of methoxy groups -OCH3 is 2. The van der Waals surface area contributed by atoms with Gasteiger partial charge in [0.2, 0.25) is 5.91 Å². The van der Waals surface area contributed by atoms with E-state index in [0.29, 0.717) is 34.2 Å². The first-order valence-corrected chi connectivity index (χ1v) is 13.2. The van der Waals surface area contributed by atoms with E-state index in [1.54, 1.807) is 20.3 Å². The van der Waals surface area contributed by atoms with Gasteiger partial charge in [-0.15, -0.1) is 0 Å². The van der Waals surface area contributed by atoms with Crippen molar-refractivity contribution in [1.29, 1.82) is 0 Å². The second-order valence-electron chi connectivity index (χ2n) is 8.47. The van der Waals surface area contributed by atoms with E-state index in [0.717, 1.165) is 24.8 Å². The molecule has 1 N–H and O–H groups in total. The largest absolute Gasteiger partial charge is 0.493 e. The molecule has 7 nitrogen and oxygen atoms in total. The number of benzene rings is 2. The van der Waals surface area contributed by atoms with Gasteiger partial charge in [-0.25, -0.2) is 9.97 Å². The molecule has 9 heteroatoms. The molecule has 1 heterocycles. The summed E-state index contributed by atoms with van der Waals surface area (Å²) in [5.74, 6) is 2.29. The lowest BCUT2D eigenvalue weighted by molar-refractivity contribution is -0.119. The van der Waals surface area contributed by atoms with Gasteiger partial charge in [0.05, 0.1) is 20.0 Å². The molecule has 1 amide bonds. The third-order valence-corrected chi connectivity index (χ3v) is 6.73. The van der Waals surface area contributed by atoms with Gasteiger partial charge < -0.3 is 19.7 Å². The minimum atomic E-state index is -0.0486. The lowest BCUT2D eigenvalue weighted by Crippen LogP contribution is -2.34. The van der Waals surface area contributed by atoms with Crippen molar-refractivity contribution in [3.63, 3.8) is 0 Å². The number of likely N-dealkylation sites (N-methyl/N-ethyl adjacent to an activating group) is 1. The molecule has 1 aromatic heterocycles. The summed E-state index contributed by atoms with van der Waals surface area (Å²) in [6.45, 7) is 2.74.